The lowest BCUT2D eigenvalue weighted by molar-refractivity contribution is -0.135. The summed E-state index contributed by atoms with van der Waals surface area (Å²) >= 11 is 0. The molecule has 0 aromatic carbocycles. The maximum Gasteiger partial charge on any atom is 0.260 e. The quantitative estimate of drug-likeness (QED) is 0.815. The molecule has 0 unspecified atom stereocenters. The van der Waals surface area contributed by atoms with Gasteiger partial charge in [0.15, 0.2) is 6.61 Å². The molecule has 1 N–H and O–H groups in total. The average Bonchev–Trinajstić information content (AvgIpc) is 2.67. The summed E-state index contributed by atoms with van der Waals surface area (Å²) in [5, 5.41) is 11.0. The third-order valence-corrected chi connectivity index (χ3v) is 4.38. The number of amides is 1. The van der Waals surface area contributed by atoms with Crippen molar-refractivity contribution in [2.45, 2.75) is 18.4 Å². The minimum Gasteiger partial charge on any atom is -0.482 e. The van der Waals surface area contributed by atoms with E-state index in [0.29, 0.717) is 18.7 Å². The molecule has 26 heavy (non-hydrogen) atoms. The van der Waals surface area contributed by atoms with Gasteiger partial charge in [-0.25, -0.2) is 4.98 Å². The smallest absolute Gasteiger partial charge is 0.260 e. The number of carbonyl (C=O) groups is 1. The van der Waals surface area contributed by atoms with Gasteiger partial charge in [0.1, 0.15) is 11.6 Å². The van der Waals surface area contributed by atoms with Gasteiger partial charge in [0.2, 0.25) is 0 Å². The molecule has 1 aliphatic rings. The number of hydrogen-bond acceptors (Lipinski definition) is 7. The van der Waals surface area contributed by atoms with Gasteiger partial charge in [-0.3, -0.25) is 14.8 Å². The molecule has 0 bridgehead atoms. The largest absolute Gasteiger partial charge is 0.482 e. The number of β-amino-alcohol motifs (C(OH)–C–C–N with tert-alkyl or cyclic N) is 1. The lowest BCUT2D eigenvalue weighted by Gasteiger charge is -2.41. The monoisotopic (exact) mass is 357 g/mol. The molecule has 8 heteroatoms. The van der Waals surface area contributed by atoms with Crippen LogP contribution in [-0.4, -0.2) is 69.8 Å². The van der Waals surface area contributed by atoms with Gasteiger partial charge >= 0.3 is 0 Å². The second-order valence-corrected chi connectivity index (χ2v) is 6.54. The number of aliphatic hydroxyl groups is 1. The van der Waals surface area contributed by atoms with Crippen molar-refractivity contribution in [2.24, 2.45) is 0 Å². The van der Waals surface area contributed by atoms with E-state index in [-0.39, 0.29) is 19.1 Å². The molecular weight excluding hydrogens is 334 g/mol. The van der Waals surface area contributed by atoms with E-state index in [1.54, 1.807) is 50.2 Å². The molecule has 8 nitrogen and oxygen atoms in total. The minimum absolute atomic E-state index is 0.0911. The van der Waals surface area contributed by atoms with Crippen LogP contribution in [0.5, 0.6) is 5.75 Å². The number of nitrogens with zero attached hydrogens (tertiary/aromatic N) is 5. The van der Waals surface area contributed by atoms with Gasteiger partial charge in [-0.15, -0.1) is 0 Å². The zero-order valence-corrected chi connectivity index (χ0v) is 14.8. The molecule has 2 aromatic heterocycles. The first-order chi connectivity index (χ1) is 12.6. The number of carbonyl (C=O) groups excluding carboxylic acids is 1. The molecule has 0 saturated carbocycles. The first-order valence-corrected chi connectivity index (χ1v) is 8.56. The molecule has 0 spiro atoms. The molecule has 1 saturated heterocycles. The zero-order valence-electron chi connectivity index (χ0n) is 14.8. The summed E-state index contributed by atoms with van der Waals surface area (Å²) in [4.78, 5) is 28.1. The molecule has 3 heterocycles. The minimum atomic E-state index is -0.992. The number of hydrogen-bond donors (Lipinski definition) is 1. The fraction of sp³-hybridized carbons (Fsp3) is 0.444. The van der Waals surface area contributed by atoms with E-state index in [2.05, 4.69) is 15.0 Å². The Bertz CT molecular complexity index is 715. The summed E-state index contributed by atoms with van der Waals surface area (Å²) in [6, 6.07) is 3.49. The summed E-state index contributed by atoms with van der Waals surface area (Å²) in [6.45, 7) is 1.36. The maximum absolute atomic E-state index is 12.3. The van der Waals surface area contributed by atoms with E-state index < -0.39 is 5.60 Å². The van der Waals surface area contributed by atoms with Crippen LogP contribution < -0.4 is 9.64 Å². The van der Waals surface area contributed by atoms with Crippen LogP contribution in [0.3, 0.4) is 0 Å². The van der Waals surface area contributed by atoms with Gasteiger partial charge in [0, 0.05) is 38.7 Å². The molecule has 1 fully saturated rings. The molecular formula is C18H23N5O3. The summed E-state index contributed by atoms with van der Waals surface area (Å²) in [5.41, 5.74) is -0.992. The SMILES string of the molecule is CN(C[C@@]1(O)CCCN(c2cnccn2)C1)C(=O)COc1cccnc1. The van der Waals surface area contributed by atoms with E-state index in [0.717, 1.165) is 18.8 Å². The molecule has 138 valence electrons. The van der Waals surface area contributed by atoms with Gasteiger partial charge in [-0.05, 0) is 25.0 Å². The second kappa shape index (κ2) is 8.09. The van der Waals surface area contributed by atoms with Crippen molar-refractivity contribution in [3.8, 4) is 5.75 Å². The van der Waals surface area contributed by atoms with Crippen molar-refractivity contribution in [1.82, 2.24) is 19.9 Å². The van der Waals surface area contributed by atoms with Crippen LogP contribution in [0.25, 0.3) is 0 Å². The number of likely N-dealkylation sites (N-methyl/N-ethyl adjacent to an activating group) is 1. The molecule has 0 radical (unpaired) electrons. The van der Waals surface area contributed by atoms with Crippen molar-refractivity contribution in [3.63, 3.8) is 0 Å². The molecule has 1 atom stereocenters. The number of piperidine rings is 1. The van der Waals surface area contributed by atoms with E-state index in [1.165, 1.54) is 4.90 Å². The highest BCUT2D eigenvalue weighted by Crippen LogP contribution is 2.25. The third-order valence-electron chi connectivity index (χ3n) is 4.38. The van der Waals surface area contributed by atoms with Crippen LogP contribution in [0.4, 0.5) is 5.82 Å². The Balaban J connectivity index is 1.55. The normalized spacial score (nSPS) is 19.8. The Labute approximate surface area is 152 Å². The van der Waals surface area contributed by atoms with Crippen LogP contribution in [0.15, 0.2) is 43.1 Å². The Morgan fingerprint density at radius 1 is 1.35 bits per heavy atom. The number of pyridine rings is 1. The predicted octanol–water partition coefficient (Wildman–Crippen LogP) is 0.740. The molecule has 1 amide bonds. The highest BCUT2D eigenvalue weighted by atomic mass is 16.5. The van der Waals surface area contributed by atoms with Crippen LogP contribution in [0, 0.1) is 0 Å². The van der Waals surface area contributed by atoms with Crippen LogP contribution in [0.1, 0.15) is 12.8 Å². The zero-order chi connectivity index (χ0) is 18.4. The van der Waals surface area contributed by atoms with E-state index in [4.69, 9.17) is 4.74 Å². The highest BCUT2D eigenvalue weighted by Gasteiger charge is 2.36. The van der Waals surface area contributed by atoms with Gasteiger partial charge in [0.25, 0.3) is 5.91 Å². The average molecular weight is 357 g/mol. The van der Waals surface area contributed by atoms with Crippen molar-refractivity contribution in [1.29, 1.82) is 0 Å². The Morgan fingerprint density at radius 2 is 2.19 bits per heavy atom. The van der Waals surface area contributed by atoms with Gasteiger partial charge < -0.3 is 19.6 Å². The first-order valence-electron chi connectivity index (χ1n) is 8.56. The number of aromatic nitrogens is 3. The maximum atomic E-state index is 12.3. The second-order valence-electron chi connectivity index (χ2n) is 6.54. The molecule has 2 aromatic rings. The van der Waals surface area contributed by atoms with Crippen molar-refractivity contribution in [2.75, 3.05) is 38.2 Å². The van der Waals surface area contributed by atoms with Crippen LogP contribution in [0.2, 0.25) is 0 Å². The molecule has 0 aliphatic carbocycles. The van der Waals surface area contributed by atoms with Crippen LogP contribution >= 0.6 is 0 Å². The van der Waals surface area contributed by atoms with Crippen molar-refractivity contribution >= 4 is 11.7 Å². The lowest BCUT2D eigenvalue weighted by Crippen LogP contribution is -2.55. The fourth-order valence-electron chi connectivity index (χ4n) is 3.11. The van der Waals surface area contributed by atoms with Gasteiger partial charge in [-0.2, -0.15) is 0 Å². The number of rotatable bonds is 6. The van der Waals surface area contributed by atoms with Crippen molar-refractivity contribution in [3.05, 3.63) is 43.1 Å². The van der Waals surface area contributed by atoms with Gasteiger partial charge in [-0.1, -0.05) is 0 Å². The highest BCUT2D eigenvalue weighted by molar-refractivity contribution is 5.77. The van der Waals surface area contributed by atoms with E-state index in [9.17, 15) is 9.90 Å². The summed E-state index contributed by atoms with van der Waals surface area (Å²) in [5.74, 6) is 1.08. The summed E-state index contributed by atoms with van der Waals surface area (Å²) in [7, 11) is 1.67. The van der Waals surface area contributed by atoms with Crippen molar-refractivity contribution < 1.29 is 14.6 Å². The predicted molar refractivity (Wildman–Crippen MR) is 95.8 cm³/mol. The molecule has 3 rings (SSSR count). The van der Waals surface area contributed by atoms with Crippen LogP contribution in [-0.2, 0) is 4.79 Å². The first kappa shape index (κ1) is 18.1. The Hall–Kier alpha value is -2.74. The summed E-state index contributed by atoms with van der Waals surface area (Å²) in [6.07, 6.45) is 9.58. The van der Waals surface area contributed by atoms with Gasteiger partial charge in [0.05, 0.1) is 24.5 Å². The number of anilines is 1. The molecule has 1 aliphatic heterocycles. The van der Waals surface area contributed by atoms with E-state index >= 15 is 0 Å². The summed E-state index contributed by atoms with van der Waals surface area (Å²) < 4.78 is 5.44. The topological polar surface area (TPSA) is 91.7 Å². The number of ether oxygens (including phenoxy) is 1. The fourth-order valence-corrected chi connectivity index (χ4v) is 3.11. The van der Waals surface area contributed by atoms with E-state index in [1.807, 2.05) is 4.90 Å². The Morgan fingerprint density at radius 3 is 2.92 bits per heavy atom. The standard InChI is InChI=1S/C18H23N5O3/c1-22(17(24)12-26-15-4-2-6-19-10-15)13-18(25)5-3-9-23(14-18)16-11-20-7-8-21-16/h2,4,6-8,10-11,25H,3,5,9,12-14H2,1H3/t18-/m0/s1. The lowest BCUT2D eigenvalue weighted by atomic mass is 9.92. The third kappa shape index (κ3) is 4.66. The Kier molecular flexibility index (Phi) is 5.62.